The molecule has 0 radical (unpaired) electrons. The lowest BCUT2D eigenvalue weighted by molar-refractivity contribution is -0.115. The van der Waals surface area contributed by atoms with Gasteiger partial charge in [0.25, 0.3) is 0 Å². The van der Waals surface area contributed by atoms with Gasteiger partial charge in [0.1, 0.15) is 4.32 Å². The van der Waals surface area contributed by atoms with Crippen LogP contribution in [0.25, 0.3) is 0 Å². The molecule has 188 valence electrons. The van der Waals surface area contributed by atoms with Crippen molar-refractivity contribution in [1.82, 2.24) is 4.90 Å². The van der Waals surface area contributed by atoms with Crippen LogP contribution >= 0.6 is 58.8 Å². The molecule has 4 rings (SSSR count). The van der Waals surface area contributed by atoms with Crippen LogP contribution in [0.1, 0.15) is 11.1 Å². The van der Waals surface area contributed by atoms with E-state index in [1.807, 2.05) is 66.7 Å². The Morgan fingerprint density at radius 1 is 0.703 bits per heavy atom. The molecule has 0 aromatic heterocycles. The predicted molar refractivity (Wildman–Crippen MR) is 162 cm³/mol. The van der Waals surface area contributed by atoms with Gasteiger partial charge in [-0.05, 0) is 35.4 Å². The summed E-state index contributed by atoms with van der Waals surface area (Å²) in [7, 11) is 0. The van der Waals surface area contributed by atoms with Gasteiger partial charge in [0.2, 0.25) is 5.91 Å². The highest BCUT2D eigenvalue weighted by Crippen LogP contribution is 2.40. The zero-order chi connectivity index (χ0) is 26.2. The smallest absolute Gasteiger partial charge is 0.242 e. The van der Waals surface area contributed by atoms with Gasteiger partial charge in [-0.25, -0.2) is 0 Å². The summed E-state index contributed by atoms with van der Waals surface area (Å²) >= 11 is 26.1. The predicted octanol–water partition coefficient (Wildman–Crippen LogP) is 9.03. The molecule has 0 bridgehead atoms. The number of halogens is 3. The van der Waals surface area contributed by atoms with E-state index in [1.54, 1.807) is 17.0 Å². The highest BCUT2D eigenvalue weighted by Gasteiger charge is 2.24. The summed E-state index contributed by atoms with van der Waals surface area (Å²) in [5.74, 6) is -0.0668. The summed E-state index contributed by atoms with van der Waals surface area (Å²) in [4.78, 5) is 17.3. The first-order chi connectivity index (χ1) is 17.9. The standard InChI is InChI=1S/C29H23Cl3N2OS2/c30-24-16-17-25(28(32)27(24)31)34(23-14-8-3-9-15-23)26(35)20-37-29(36)33(18-21-10-4-1-5-11-21)19-22-12-6-2-7-13-22/h1-17H,18-20H2. The summed E-state index contributed by atoms with van der Waals surface area (Å²) in [5.41, 5.74) is 3.41. The van der Waals surface area contributed by atoms with Crippen molar-refractivity contribution in [3.05, 3.63) is 129 Å². The maximum absolute atomic E-state index is 13.6. The second-order valence-electron chi connectivity index (χ2n) is 8.14. The molecule has 0 aliphatic rings. The Labute approximate surface area is 242 Å². The van der Waals surface area contributed by atoms with Crippen LogP contribution in [0.2, 0.25) is 15.1 Å². The fourth-order valence-electron chi connectivity index (χ4n) is 3.75. The summed E-state index contributed by atoms with van der Waals surface area (Å²) < 4.78 is 0.634. The number of hydrogen-bond donors (Lipinski definition) is 0. The van der Waals surface area contributed by atoms with Crippen molar-refractivity contribution in [2.75, 3.05) is 10.7 Å². The molecular formula is C29H23Cl3N2OS2. The average molecular weight is 586 g/mol. The van der Waals surface area contributed by atoms with Crippen LogP contribution in [-0.2, 0) is 17.9 Å². The molecule has 0 aliphatic heterocycles. The lowest BCUT2D eigenvalue weighted by Gasteiger charge is -2.27. The minimum absolute atomic E-state index is 0.115. The third-order valence-corrected chi connectivity index (χ3v) is 8.32. The highest BCUT2D eigenvalue weighted by atomic mass is 35.5. The average Bonchev–Trinajstić information content (AvgIpc) is 2.93. The molecule has 0 fully saturated rings. The zero-order valence-electron chi connectivity index (χ0n) is 19.7. The van der Waals surface area contributed by atoms with Crippen molar-refractivity contribution in [3.8, 4) is 0 Å². The monoisotopic (exact) mass is 584 g/mol. The second-order valence-corrected chi connectivity index (χ2v) is 10.9. The van der Waals surface area contributed by atoms with Gasteiger partial charge in [-0.15, -0.1) is 0 Å². The summed E-state index contributed by atoms with van der Waals surface area (Å²) in [6, 6.07) is 32.9. The molecular weight excluding hydrogens is 563 g/mol. The SMILES string of the molecule is O=C(CSC(=S)N(Cc1ccccc1)Cc1ccccc1)N(c1ccccc1)c1ccc(Cl)c(Cl)c1Cl. The fourth-order valence-corrected chi connectivity index (χ4v) is 5.36. The van der Waals surface area contributed by atoms with Crippen LogP contribution < -0.4 is 4.90 Å². The van der Waals surface area contributed by atoms with Crippen molar-refractivity contribution < 1.29 is 4.79 Å². The maximum Gasteiger partial charge on any atom is 0.242 e. The molecule has 8 heteroatoms. The fraction of sp³-hybridized carbons (Fsp3) is 0.103. The lowest BCUT2D eigenvalue weighted by atomic mass is 10.2. The minimum Gasteiger partial charge on any atom is -0.349 e. The number of benzene rings is 4. The largest absolute Gasteiger partial charge is 0.349 e. The van der Waals surface area contributed by atoms with Gasteiger partial charge in [-0.3, -0.25) is 9.69 Å². The molecule has 3 nitrogen and oxygen atoms in total. The molecule has 0 aliphatic carbocycles. The van der Waals surface area contributed by atoms with E-state index in [0.29, 0.717) is 33.8 Å². The molecule has 4 aromatic rings. The van der Waals surface area contributed by atoms with Crippen molar-refractivity contribution in [3.63, 3.8) is 0 Å². The number of hydrogen-bond acceptors (Lipinski definition) is 3. The Kier molecular flexibility index (Phi) is 9.89. The number of rotatable bonds is 8. The summed E-state index contributed by atoms with van der Waals surface area (Å²) in [6.45, 7) is 1.27. The van der Waals surface area contributed by atoms with Crippen molar-refractivity contribution in [2.45, 2.75) is 13.1 Å². The molecule has 0 atom stereocenters. The molecule has 1 amide bonds. The number of thioether (sulfide) groups is 1. The Bertz CT molecular complexity index is 1310. The van der Waals surface area contributed by atoms with Crippen LogP contribution in [0.15, 0.2) is 103 Å². The van der Waals surface area contributed by atoms with E-state index < -0.39 is 0 Å². The van der Waals surface area contributed by atoms with E-state index in [2.05, 4.69) is 29.2 Å². The summed E-state index contributed by atoms with van der Waals surface area (Å²) in [5, 5.41) is 0.743. The van der Waals surface area contributed by atoms with Crippen LogP contribution in [0.4, 0.5) is 11.4 Å². The maximum atomic E-state index is 13.6. The van der Waals surface area contributed by atoms with Gasteiger partial charge in [-0.1, -0.05) is 138 Å². The minimum atomic E-state index is -0.182. The number of carbonyl (C=O) groups excluding carboxylic acids is 1. The second kappa shape index (κ2) is 13.3. The molecule has 0 saturated carbocycles. The van der Waals surface area contributed by atoms with E-state index in [9.17, 15) is 4.79 Å². The van der Waals surface area contributed by atoms with Gasteiger partial charge in [0.05, 0.1) is 26.5 Å². The van der Waals surface area contributed by atoms with E-state index in [-0.39, 0.29) is 21.7 Å². The first-order valence-corrected chi connectivity index (χ1v) is 14.0. The first kappa shape index (κ1) is 27.5. The van der Waals surface area contributed by atoms with Gasteiger partial charge in [0, 0.05) is 18.8 Å². The summed E-state index contributed by atoms with van der Waals surface area (Å²) in [6.07, 6.45) is 0. The number of para-hydroxylation sites is 1. The Morgan fingerprint density at radius 3 is 1.76 bits per heavy atom. The Morgan fingerprint density at radius 2 is 1.22 bits per heavy atom. The third-order valence-electron chi connectivity index (χ3n) is 5.53. The number of amides is 1. The quantitative estimate of drug-likeness (QED) is 0.152. The van der Waals surface area contributed by atoms with Gasteiger partial charge < -0.3 is 4.90 Å². The molecule has 0 saturated heterocycles. The van der Waals surface area contributed by atoms with Crippen molar-refractivity contribution in [2.24, 2.45) is 0 Å². The van der Waals surface area contributed by atoms with E-state index >= 15 is 0 Å². The molecule has 0 unspecified atom stereocenters. The number of anilines is 2. The molecule has 0 heterocycles. The van der Waals surface area contributed by atoms with E-state index in [0.717, 1.165) is 11.1 Å². The molecule has 0 spiro atoms. The van der Waals surface area contributed by atoms with Gasteiger partial charge in [0.15, 0.2) is 0 Å². The highest BCUT2D eigenvalue weighted by molar-refractivity contribution is 8.23. The van der Waals surface area contributed by atoms with E-state index in [1.165, 1.54) is 11.8 Å². The van der Waals surface area contributed by atoms with Crippen LogP contribution in [0, 0.1) is 0 Å². The van der Waals surface area contributed by atoms with Crippen LogP contribution in [0.3, 0.4) is 0 Å². The van der Waals surface area contributed by atoms with Crippen molar-refractivity contribution in [1.29, 1.82) is 0 Å². The number of nitrogens with zero attached hydrogens (tertiary/aromatic N) is 2. The van der Waals surface area contributed by atoms with Crippen LogP contribution in [0.5, 0.6) is 0 Å². The molecule has 37 heavy (non-hydrogen) atoms. The lowest BCUT2D eigenvalue weighted by Crippen LogP contribution is -2.31. The molecule has 4 aromatic carbocycles. The molecule has 0 N–H and O–H groups in total. The third kappa shape index (κ3) is 7.28. The first-order valence-electron chi connectivity index (χ1n) is 11.4. The van der Waals surface area contributed by atoms with Crippen molar-refractivity contribution >= 4 is 80.4 Å². The topological polar surface area (TPSA) is 23.6 Å². The zero-order valence-corrected chi connectivity index (χ0v) is 23.6. The van der Waals surface area contributed by atoms with Gasteiger partial charge in [-0.2, -0.15) is 0 Å². The van der Waals surface area contributed by atoms with E-state index in [4.69, 9.17) is 47.0 Å². The Hall–Kier alpha value is -2.54. The normalized spacial score (nSPS) is 10.7. The number of carbonyl (C=O) groups is 1. The number of thiocarbonyl (C=S) groups is 1. The van der Waals surface area contributed by atoms with Gasteiger partial charge >= 0.3 is 0 Å². The van der Waals surface area contributed by atoms with Crippen LogP contribution in [-0.4, -0.2) is 20.9 Å². The Balaban J connectivity index is 1.55.